The summed E-state index contributed by atoms with van der Waals surface area (Å²) in [4.78, 5) is 23.7. The number of sulfonamides is 1. The number of aldehydes is 1. The SMILES string of the molecule is CC(C)COC(=O)Nc1ccc(-c2ccc(S(=O)(=O)N3Cc4ccccc4C[C@@H]3C=O)cc2)cc1. The van der Waals surface area contributed by atoms with Crippen LogP contribution in [0.4, 0.5) is 10.5 Å². The highest BCUT2D eigenvalue weighted by atomic mass is 32.2. The molecule has 0 aromatic heterocycles. The van der Waals surface area contributed by atoms with Crippen LogP contribution in [0.3, 0.4) is 0 Å². The second kappa shape index (κ2) is 10.4. The number of ether oxygens (including phenoxy) is 1. The van der Waals surface area contributed by atoms with Gasteiger partial charge < -0.3 is 9.53 Å². The quantitative estimate of drug-likeness (QED) is 0.475. The number of carbonyl (C=O) groups excluding carboxylic acids is 2. The molecule has 8 heteroatoms. The Kier molecular flexibility index (Phi) is 7.33. The Bertz CT molecular complexity index is 1300. The van der Waals surface area contributed by atoms with Crippen LogP contribution in [-0.4, -0.2) is 37.8 Å². The van der Waals surface area contributed by atoms with E-state index in [9.17, 15) is 18.0 Å². The Morgan fingerprint density at radius 3 is 2.20 bits per heavy atom. The molecule has 182 valence electrons. The van der Waals surface area contributed by atoms with Crippen molar-refractivity contribution in [3.63, 3.8) is 0 Å². The third-order valence-electron chi connectivity index (χ3n) is 5.87. The zero-order valence-electron chi connectivity index (χ0n) is 19.7. The summed E-state index contributed by atoms with van der Waals surface area (Å²) >= 11 is 0. The molecule has 1 aliphatic heterocycles. The first-order valence-electron chi connectivity index (χ1n) is 11.5. The smallest absolute Gasteiger partial charge is 0.411 e. The minimum absolute atomic E-state index is 0.138. The van der Waals surface area contributed by atoms with Crippen LogP contribution in [0.15, 0.2) is 77.7 Å². The number of rotatable bonds is 7. The minimum Gasteiger partial charge on any atom is -0.449 e. The highest BCUT2D eigenvalue weighted by molar-refractivity contribution is 7.89. The summed E-state index contributed by atoms with van der Waals surface area (Å²) in [5, 5.41) is 2.68. The molecule has 1 amide bonds. The van der Waals surface area contributed by atoms with Gasteiger partial charge in [-0.1, -0.05) is 62.4 Å². The van der Waals surface area contributed by atoms with Crippen LogP contribution in [0.25, 0.3) is 11.1 Å². The number of nitrogens with one attached hydrogen (secondary N) is 1. The van der Waals surface area contributed by atoms with Crippen LogP contribution < -0.4 is 5.32 Å². The highest BCUT2D eigenvalue weighted by Gasteiger charge is 2.35. The molecule has 0 fully saturated rings. The van der Waals surface area contributed by atoms with Gasteiger partial charge in [-0.05, 0) is 58.9 Å². The first kappa shape index (κ1) is 24.6. The van der Waals surface area contributed by atoms with Gasteiger partial charge in [-0.2, -0.15) is 4.31 Å². The number of carbonyl (C=O) groups is 2. The first-order chi connectivity index (χ1) is 16.8. The molecule has 4 rings (SSSR count). The van der Waals surface area contributed by atoms with Crippen LogP contribution in [0.2, 0.25) is 0 Å². The largest absolute Gasteiger partial charge is 0.449 e. The molecule has 7 nitrogen and oxygen atoms in total. The van der Waals surface area contributed by atoms with Gasteiger partial charge in [0.05, 0.1) is 17.5 Å². The molecular weight excluding hydrogens is 464 g/mol. The summed E-state index contributed by atoms with van der Waals surface area (Å²) in [5.74, 6) is 0.255. The lowest BCUT2D eigenvalue weighted by molar-refractivity contribution is -0.111. The van der Waals surface area contributed by atoms with Crippen LogP contribution >= 0.6 is 0 Å². The molecule has 0 bridgehead atoms. The second-order valence-electron chi connectivity index (χ2n) is 8.95. The zero-order chi connectivity index (χ0) is 25.0. The van der Waals surface area contributed by atoms with Gasteiger partial charge in [0.2, 0.25) is 10.0 Å². The van der Waals surface area contributed by atoms with Gasteiger partial charge in [-0.3, -0.25) is 5.32 Å². The normalized spacial score (nSPS) is 15.9. The first-order valence-corrected chi connectivity index (χ1v) is 12.9. The lowest BCUT2D eigenvalue weighted by Crippen LogP contribution is -2.45. The van der Waals surface area contributed by atoms with Gasteiger partial charge in [-0.15, -0.1) is 0 Å². The fraction of sp³-hybridized carbons (Fsp3) is 0.259. The average molecular weight is 493 g/mol. The molecule has 0 unspecified atom stereocenters. The number of nitrogens with zero attached hydrogens (tertiary/aromatic N) is 1. The van der Waals surface area contributed by atoms with Gasteiger partial charge in [0.1, 0.15) is 6.29 Å². The number of anilines is 1. The van der Waals surface area contributed by atoms with Crippen molar-refractivity contribution < 1.29 is 22.7 Å². The van der Waals surface area contributed by atoms with E-state index in [0.717, 1.165) is 22.3 Å². The molecular formula is C27H28N2O5S. The molecule has 0 radical (unpaired) electrons. The number of benzene rings is 3. The molecule has 0 spiro atoms. The van der Waals surface area contributed by atoms with Crippen molar-refractivity contribution in [2.24, 2.45) is 5.92 Å². The Labute approximate surface area is 205 Å². The summed E-state index contributed by atoms with van der Waals surface area (Å²) in [6.07, 6.45) is 0.563. The summed E-state index contributed by atoms with van der Waals surface area (Å²) in [5.41, 5.74) is 4.21. The molecule has 1 aliphatic rings. The molecule has 1 atom stereocenters. The molecule has 1 heterocycles. The number of fused-ring (bicyclic) bond motifs is 1. The summed E-state index contributed by atoms with van der Waals surface area (Å²) in [7, 11) is -3.86. The van der Waals surface area contributed by atoms with E-state index in [1.165, 1.54) is 4.31 Å². The number of hydrogen-bond donors (Lipinski definition) is 1. The van der Waals surface area contributed by atoms with Crippen molar-refractivity contribution in [2.45, 2.75) is 37.8 Å². The van der Waals surface area contributed by atoms with Crippen LogP contribution in [-0.2, 0) is 32.5 Å². The summed E-state index contributed by atoms with van der Waals surface area (Å²) < 4.78 is 33.1. The van der Waals surface area contributed by atoms with E-state index < -0.39 is 22.2 Å². The summed E-state index contributed by atoms with van der Waals surface area (Å²) in [6.45, 7) is 4.43. The second-order valence-corrected chi connectivity index (χ2v) is 10.8. The molecule has 3 aromatic rings. The van der Waals surface area contributed by atoms with E-state index in [-0.39, 0.29) is 17.4 Å². The molecule has 3 aromatic carbocycles. The third-order valence-corrected chi connectivity index (χ3v) is 7.76. The van der Waals surface area contributed by atoms with E-state index in [1.807, 2.05) is 50.2 Å². The topological polar surface area (TPSA) is 92.8 Å². The molecule has 35 heavy (non-hydrogen) atoms. The van der Waals surface area contributed by atoms with E-state index in [2.05, 4.69) is 5.32 Å². The van der Waals surface area contributed by atoms with Crippen molar-refractivity contribution in [1.82, 2.24) is 4.31 Å². The zero-order valence-corrected chi connectivity index (χ0v) is 20.5. The predicted molar refractivity (Wildman–Crippen MR) is 134 cm³/mol. The van der Waals surface area contributed by atoms with E-state index in [4.69, 9.17) is 4.74 Å². The van der Waals surface area contributed by atoms with Crippen LogP contribution in [0, 0.1) is 5.92 Å². The highest BCUT2D eigenvalue weighted by Crippen LogP contribution is 2.30. The van der Waals surface area contributed by atoms with Crippen LogP contribution in [0.5, 0.6) is 0 Å². The lowest BCUT2D eigenvalue weighted by Gasteiger charge is -2.32. The summed E-state index contributed by atoms with van der Waals surface area (Å²) in [6, 6.07) is 20.6. The fourth-order valence-electron chi connectivity index (χ4n) is 4.00. The average Bonchev–Trinajstić information content (AvgIpc) is 2.87. The minimum atomic E-state index is -3.86. The van der Waals surface area contributed by atoms with Gasteiger partial charge in [-0.25, -0.2) is 13.2 Å². The van der Waals surface area contributed by atoms with E-state index >= 15 is 0 Å². The van der Waals surface area contributed by atoms with Crippen molar-refractivity contribution in [1.29, 1.82) is 0 Å². The molecule has 0 aliphatic carbocycles. The van der Waals surface area contributed by atoms with Gasteiger partial charge in [0, 0.05) is 12.2 Å². The standard InChI is InChI=1S/C27H28N2O5S/c1-19(2)18-34-27(31)28-24-11-7-20(8-12-24)21-9-13-26(14-10-21)35(32,33)29-16-23-6-4-3-5-22(23)15-25(29)17-30/h3-14,17,19,25H,15-16,18H2,1-2H3,(H,28,31)/t25-/m1/s1. The molecule has 0 saturated carbocycles. The molecule has 1 N–H and O–H groups in total. The maximum Gasteiger partial charge on any atom is 0.411 e. The van der Waals surface area contributed by atoms with E-state index in [1.54, 1.807) is 36.4 Å². The van der Waals surface area contributed by atoms with Crippen molar-refractivity contribution >= 4 is 28.1 Å². The third kappa shape index (κ3) is 5.61. The lowest BCUT2D eigenvalue weighted by atomic mass is 9.97. The Balaban J connectivity index is 1.48. The van der Waals surface area contributed by atoms with Gasteiger partial charge in [0.25, 0.3) is 0 Å². The molecule has 0 saturated heterocycles. The van der Waals surface area contributed by atoms with Crippen LogP contribution in [0.1, 0.15) is 25.0 Å². The Morgan fingerprint density at radius 2 is 1.60 bits per heavy atom. The van der Waals surface area contributed by atoms with Crippen molar-refractivity contribution in [3.05, 3.63) is 83.9 Å². The van der Waals surface area contributed by atoms with Gasteiger partial charge in [0.15, 0.2) is 0 Å². The van der Waals surface area contributed by atoms with Crippen molar-refractivity contribution in [2.75, 3.05) is 11.9 Å². The Morgan fingerprint density at radius 1 is 1.00 bits per heavy atom. The maximum atomic E-state index is 13.4. The number of amides is 1. The Hall–Kier alpha value is -3.49. The predicted octanol–water partition coefficient (Wildman–Crippen LogP) is 4.87. The number of hydrogen-bond acceptors (Lipinski definition) is 5. The van der Waals surface area contributed by atoms with E-state index in [0.29, 0.717) is 25.0 Å². The monoisotopic (exact) mass is 492 g/mol. The fourth-order valence-corrected chi connectivity index (χ4v) is 5.54. The maximum absolute atomic E-state index is 13.4. The van der Waals surface area contributed by atoms with Crippen molar-refractivity contribution in [3.8, 4) is 11.1 Å². The van der Waals surface area contributed by atoms with Gasteiger partial charge >= 0.3 is 6.09 Å².